The van der Waals surface area contributed by atoms with Gasteiger partial charge in [0.2, 0.25) is 0 Å². The van der Waals surface area contributed by atoms with E-state index in [0.717, 1.165) is 11.1 Å². The zero-order chi connectivity index (χ0) is 13.1. The smallest absolute Gasteiger partial charge is 0.345 e. The summed E-state index contributed by atoms with van der Waals surface area (Å²) in [6, 6.07) is 8.78. The van der Waals surface area contributed by atoms with Crippen LogP contribution in [-0.4, -0.2) is 11.0 Å². The number of nitrogens with zero attached hydrogens (tertiary/aromatic N) is 1. The Morgan fingerprint density at radius 2 is 2.00 bits per heavy atom. The standard InChI is InChI=1S/C14H12ClNO2/c1-9-3-5-12(10(2)7-9)18-14(17)11-4-6-13(15)16-8-11/h3-8H,1-2H3. The van der Waals surface area contributed by atoms with Crippen LogP contribution in [0, 0.1) is 13.8 Å². The van der Waals surface area contributed by atoms with Gasteiger partial charge in [-0.2, -0.15) is 0 Å². The summed E-state index contributed by atoms with van der Waals surface area (Å²) in [5.41, 5.74) is 2.42. The highest BCUT2D eigenvalue weighted by molar-refractivity contribution is 6.29. The quantitative estimate of drug-likeness (QED) is 0.471. The number of pyridine rings is 1. The van der Waals surface area contributed by atoms with E-state index in [1.165, 1.54) is 6.20 Å². The number of carbonyl (C=O) groups is 1. The summed E-state index contributed by atoms with van der Waals surface area (Å²) in [7, 11) is 0. The fourth-order valence-electron chi connectivity index (χ4n) is 1.57. The molecule has 0 saturated carbocycles. The Bertz CT molecular complexity index is 579. The molecule has 0 atom stereocenters. The van der Waals surface area contributed by atoms with Crippen LogP contribution in [0.5, 0.6) is 5.75 Å². The van der Waals surface area contributed by atoms with Crippen molar-refractivity contribution in [1.82, 2.24) is 4.98 Å². The second-order valence-corrected chi connectivity index (χ2v) is 4.42. The third-order valence-corrected chi connectivity index (χ3v) is 2.72. The first-order valence-electron chi connectivity index (χ1n) is 5.47. The van der Waals surface area contributed by atoms with Gasteiger partial charge in [0.05, 0.1) is 5.56 Å². The number of carbonyl (C=O) groups excluding carboxylic acids is 1. The van der Waals surface area contributed by atoms with Crippen molar-refractivity contribution in [2.75, 3.05) is 0 Å². The molecule has 4 heteroatoms. The zero-order valence-electron chi connectivity index (χ0n) is 10.1. The van der Waals surface area contributed by atoms with Crippen molar-refractivity contribution in [1.29, 1.82) is 0 Å². The summed E-state index contributed by atoms with van der Waals surface area (Å²) in [6.45, 7) is 3.89. The van der Waals surface area contributed by atoms with Crippen LogP contribution in [0.1, 0.15) is 21.5 Å². The van der Waals surface area contributed by atoms with Gasteiger partial charge in [0.15, 0.2) is 0 Å². The van der Waals surface area contributed by atoms with Crippen molar-refractivity contribution in [2.45, 2.75) is 13.8 Å². The molecule has 0 amide bonds. The normalized spacial score (nSPS) is 10.2. The Morgan fingerprint density at radius 1 is 1.22 bits per heavy atom. The lowest BCUT2D eigenvalue weighted by molar-refractivity contribution is 0.0733. The molecule has 0 aliphatic heterocycles. The summed E-state index contributed by atoms with van der Waals surface area (Å²) in [5.74, 6) is 0.117. The second-order valence-electron chi connectivity index (χ2n) is 4.03. The molecule has 0 saturated heterocycles. The highest BCUT2D eigenvalue weighted by Crippen LogP contribution is 2.20. The van der Waals surface area contributed by atoms with E-state index in [0.29, 0.717) is 16.5 Å². The van der Waals surface area contributed by atoms with E-state index >= 15 is 0 Å². The highest BCUT2D eigenvalue weighted by atomic mass is 35.5. The van der Waals surface area contributed by atoms with E-state index in [1.807, 2.05) is 26.0 Å². The highest BCUT2D eigenvalue weighted by Gasteiger charge is 2.10. The fourth-order valence-corrected chi connectivity index (χ4v) is 1.68. The minimum atomic E-state index is -0.439. The number of rotatable bonds is 2. The van der Waals surface area contributed by atoms with Gasteiger partial charge in [0.1, 0.15) is 10.9 Å². The number of hydrogen-bond acceptors (Lipinski definition) is 3. The van der Waals surface area contributed by atoms with Crippen LogP contribution in [0.4, 0.5) is 0 Å². The SMILES string of the molecule is Cc1ccc(OC(=O)c2ccc(Cl)nc2)c(C)c1. The van der Waals surface area contributed by atoms with E-state index < -0.39 is 5.97 Å². The van der Waals surface area contributed by atoms with Crippen LogP contribution in [0.3, 0.4) is 0 Å². The fraction of sp³-hybridized carbons (Fsp3) is 0.143. The van der Waals surface area contributed by atoms with Crippen LogP contribution in [0.25, 0.3) is 0 Å². The minimum absolute atomic E-state index is 0.345. The maximum absolute atomic E-state index is 11.9. The Kier molecular flexibility index (Phi) is 3.63. The first-order valence-corrected chi connectivity index (χ1v) is 5.85. The predicted octanol–water partition coefficient (Wildman–Crippen LogP) is 3.57. The van der Waals surface area contributed by atoms with Gasteiger partial charge in [-0.25, -0.2) is 9.78 Å². The number of aromatic nitrogens is 1. The molecular formula is C14H12ClNO2. The molecule has 92 valence electrons. The average Bonchev–Trinajstić information content (AvgIpc) is 2.33. The average molecular weight is 262 g/mol. The van der Waals surface area contributed by atoms with E-state index in [1.54, 1.807) is 18.2 Å². The zero-order valence-corrected chi connectivity index (χ0v) is 10.9. The first-order chi connectivity index (χ1) is 8.56. The first kappa shape index (κ1) is 12.6. The maximum atomic E-state index is 11.9. The van der Waals surface area contributed by atoms with Gasteiger partial charge in [-0.3, -0.25) is 0 Å². The summed E-state index contributed by atoms with van der Waals surface area (Å²) < 4.78 is 5.30. The van der Waals surface area contributed by atoms with E-state index in [9.17, 15) is 4.79 Å². The summed E-state index contributed by atoms with van der Waals surface area (Å²) >= 11 is 5.66. The van der Waals surface area contributed by atoms with Crippen molar-refractivity contribution < 1.29 is 9.53 Å². The molecule has 0 unspecified atom stereocenters. The van der Waals surface area contributed by atoms with Crippen LogP contribution < -0.4 is 4.74 Å². The van der Waals surface area contributed by atoms with Crippen molar-refractivity contribution in [3.05, 3.63) is 58.4 Å². The topological polar surface area (TPSA) is 39.2 Å². The summed E-state index contributed by atoms with van der Waals surface area (Å²) in [5, 5.41) is 0.345. The number of ether oxygens (including phenoxy) is 1. The largest absolute Gasteiger partial charge is 0.423 e. The summed E-state index contributed by atoms with van der Waals surface area (Å²) in [4.78, 5) is 15.7. The van der Waals surface area contributed by atoms with Crippen molar-refractivity contribution >= 4 is 17.6 Å². The van der Waals surface area contributed by atoms with Crippen LogP contribution >= 0.6 is 11.6 Å². The van der Waals surface area contributed by atoms with Gasteiger partial charge < -0.3 is 4.74 Å². The lowest BCUT2D eigenvalue weighted by Gasteiger charge is -2.07. The molecule has 0 spiro atoms. The van der Waals surface area contributed by atoms with E-state index in [2.05, 4.69) is 4.98 Å². The molecule has 1 aromatic carbocycles. The number of halogens is 1. The minimum Gasteiger partial charge on any atom is -0.423 e. The number of hydrogen-bond donors (Lipinski definition) is 0. The number of benzene rings is 1. The van der Waals surface area contributed by atoms with Crippen LogP contribution in [0.15, 0.2) is 36.5 Å². The Labute approximate surface area is 110 Å². The second kappa shape index (κ2) is 5.19. The predicted molar refractivity (Wildman–Crippen MR) is 70.1 cm³/mol. The molecule has 0 aliphatic rings. The Morgan fingerprint density at radius 3 is 2.61 bits per heavy atom. The molecule has 1 aromatic heterocycles. The maximum Gasteiger partial charge on any atom is 0.345 e. The molecular weight excluding hydrogens is 250 g/mol. The van der Waals surface area contributed by atoms with Gasteiger partial charge in [-0.15, -0.1) is 0 Å². The van der Waals surface area contributed by atoms with Crippen molar-refractivity contribution in [3.8, 4) is 5.75 Å². The number of aryl methyl sites for hydroxylation is 2. The molecule has 2 rings (SSSR count). The molecule has 0 N–H and O–H groups in total. The molecule has 2 aromatic rings. The van der Waals surface area contributed by atoms with Gasteiger partial charge >= 0.3 is 5.97 Å². The molecule has 0 fully saturated rings. The lowest BCUT2D eigenvalue weighted by Crippen LogP contribution is -2.09. The van der Waals surface area contributed by atoms with E-state index in [-0.39, 0.29) is 0 Å². The van der Waals surface area contributed by atoms with Crippen molar-refractivity contribution in [3.63, 3.8) is 0 Å². The Hall–Kier alpha value is -1.87. The molecule has 18 heavy (non-hydrogen) atoms. The molecule has 1 heterocycles. The number of esters is 1. The molecule has 3 nitrogen and oxygen atoms in total. The van der Waals surface area contributed by atoms with E-state index in [4.69, 9.17) is 16.3 Å². The lowest BCUT2D eigenvalue weighted by atomic mass is 10.1. The van der Waals surface area contributed by atoms with Crippen LogP contribution in [0.2, 0.25) is 5.15 Å². The van der Waals surface area contributed by atoms with Gasteiger partial charge in [0.25, 0.3) is 0 Å². The molecule has 0 bridgehead atoms. The van der Waals surface area contributed by atoms with Gasteiger partial charge in [-0.05, 0) is 37.6 Å². The van der Waals surface area contributed by atoms with Gasteiger partial charge in [-0.1, -0.05) is 29.3 Å². The summed E-state index contributed by atoms with van der Waals surface area (Å²) in [6.07, 6.45) is 1.40. The Balaban J connectivity index is 2.18. The monoisotopic (exact) mass is 261 g/mol. The van der Waals surface area contributed by atoms with Crippen molar-refractivity contribution in [2.24, 2.45) is 0 Å². The third-order valence-electron chi connectivity index (χ3n) is 2.50. The molecule has 0 aliphatic carbocycles. The third kappa shape index (κ3) is 2.87. The molecule has 0 radical (unpaired) electrons. The van der Waals surface area contributed by atoms with Crippen LogP contribution in [-0.2, 0) is 0 Å². The van der Waals surface area contributed by atoms with Gasteiger partial charge in [0, 0.05) is 6.20 Å².